The molecule has 0 spiro atoms. The molecule has 2 rings (SSSR count). The van der Waals surface area contributed by atoms with Crippen LogP contribution in [0, 0.1) is 5.41 Å². The first-order valence-electron chi connectivity index (χ1n) is 7.89. The van der Waals surface area contributed by atoms with Crippen molar-refractivity contribution in [3.8, 4) is 0 Å². The smallest absolute Gasteiger partial charge is 0.203 e. The van der Waals surface area contributed by atoms with E-state index in [1.54, 1.807) is 0 Å². The number of hydrogen-bond acceptors (Lipinski definition) is 3. The Morgan fingerprint density at radius 1 is 1.30 bits per heavy atom. The number of aromatic nitrogens is 2. The van der Waals surface area contributed by atoms with Crippen LogP contribution in [0.5, 0.6) is 0 Å². The Morgan fingerprint density at radius 3 is 2.65 bits per heavy atom. The van der Waals surface area contributed by atoms with E-state index in [0.717, 1.165) is 19.0 Å². The highest BCUT2D eigenvalue weighted by molar-refractivity contribution is 5.28. The van der Waals surface area contributed by atoms with Crippen molar-refractivity contribution in [2.45, 2.75) is 58.5 Å². The minimum atomic E-state index is 0.243. The summed E-state index contributed by atoms with van der Waals surface area (Å²) in [5, 5.41) is 3.64. The van der Waals surface area contributed by atoms with Crippen molar-refractivity contribution >= 4 is 5.95 Å². The van der Waals surface area contributed by atoms with Gasteiger partial charge in [0.2, 0.25) is 5.95 Å². The van der Waals surface area contributed by atoms with Crippen LogP contribution in [0.3, 0.4) is 0 Å². The molecule has 0 aliphatic heterocycles. The molecule has 4 heteroatoms. The molecule has 1 aromatic rings. The maximum Gasteiger partial charge on any atom is 0.203 e. The summed E-state index contributed by atoms with van der Waals surface area (Å²) in [4.78, 5) is 6.77. The molecule has 0 saturated heterocycles. The third kappa shape index (κ3) is 4.51. The van der Waals surface area contributed by atoms with E-state index in [2.05, 4.69) is 53.9 Å². The minimum Gasteiger partial charge on any atom is -0.353 e. The predicted molar refractivity (Wildman–Crippen MR) is 85.1 cm³/mol. The van der Waals surface area contributed by atoms with E-state index in [0.29, 0.717) is 6.04 Å². The normalized spacial score (nSPS) is 17.6. The van der Waals surface area contributed by atoms with Gasteiger partial charge in [0.15, 0.2) is 0 Å². The second-order valence-corrected chi connectivity index (χ2v) is 7.26. The van der Waals surface area contributed by atoms with Crippen LogP contribution in [0.4, 0.5) is 5.95 Å². The summed E-state index contributed by atoms with van der Waals surface area (Å²) in [5.41, 5.74) is 0.243. The Kier molecular flexibility index (Phi) is 5.08. The molecule has 0 atom stereocenters. The van der Waals surface area contributed by atoms with Crippen LogP contribution in [0.1, 0.15) is 46.0 Å². The van der Waals surface area contributed by atoms with E-state index >= 15 is 0 Å². The van der Waals surface area contributed by atoms with Crippen LogP contribution in [0.2, 0.25) is 0 Å². The van der Waals surface area contributed by atoms with Crippen LogP contribution < -0.4 is 5.32 Å². The highest BCUT2D eigenvalue weighted by atomic mass is 15.2. The van der Waals surface area contributed by atoms with Crippen LogP contribution in [-0.4, -0.2) is 41.1 Å². The second kappa shape index (κ2) is 6.61. The molecule has 114 valence electrons. The van der Waals surface area contributed by atoms with Crippen molar-refractivity contribution in [2.75, 3.05) is 26.0 Å². The van der Waals surface area contributed by atoms with E-state index in [4.69, 9.17) is 0 Å². The van der Waals surface area contributed by atoms with Crippen molar-refractivity contribution in [3.63, 3.8) is 0 Å². The highest BCUT2D eigenvalue weighted by Crippen LogP contribution is 2.24. The zero-order chi connectivity index (χ0) is 14.6. The molecular formula is C16H30N4. The van der Waals surface area contributed by atoms with Gasteiger partial charge >= 0.3 is 0 Å². The molecule has 0 unspecified atom stereocenters. The second-order valence-electron chi connectivity index (χ2n) is 7.26. The maximum atomic E-state index is 4.51. The molecule has 1 heterocycles. The van der Waals surface area contributed by atoms with E-state index in [1.807, 2.05) is 6.20 Å². The van der Waals surface area contributed by atoms with Crippen molar-refractivity contribution < 1.29 is 0 Å². The molecule has 1 N–H and O–H groups in total. The Morgan fingerprint density at radius 2 is 2.00 bits per heavy atom. The highest BCUT2D eigenvalue weighted by Gasteiger charge is 2.22. The molecule has 0 bridgehead atoms. The van der Waals surface area contributed by atoms with Gasteiger partial charge in [0.05, 0.1) is 0 Å². The number of nitrogens with zero attached hydrogens (tertiary/aromatic N) is 3. The molecule has 1 aromatic heterocycles. The van der Waals surface area contributed by atoms with Gasteiger partial charge in [0, 0.05) is 31.5 Å². The molecular weight excluding hydrogens is 248 g/mol. The van der Waals surface area contributed by atoms with Gasteiger partial charge in [0.25, 0.3) is 0 Å². The standard InChI is InChI=1S/C16H30N4/c1-16(2,12-19(3)4)13-20-11-10-17-15(20)18-14-8-6-5-7-9-14/h10-11,14H,5-9,12-13H2,1-4H3,(H,17,18). The zero-order valence-corrected chi connectivity index (χ0v) is 13.5. The summed E-state index contributed by atoms with van der Waals surface area (Å²) in [7, 11) is 4.27. The summed E-state index contributed by atoms with van der Waals surface area (Å²) < 4.78 is 2.28. The third-order valence-corrected chi connectivity index (χ3v) is 4.00. The number of hydrogen-bond donors (Lipinski definition) is 1. The zero-order valence-electron chi connectivity index (χ0n) is 13.5. The van der Waals surface area contributed by atoms with Gasteiger partial charge in [-0.05, 0) is 32.4 Å². The van der Waals surface area contributed by atoms with Crippen LogP contribution in [0.15, 0.2) is 12.4 Å². The van der Waals surface area contributed by atoms with Crippen LogP contribution >= 0.6 is 0 Å². The SMILES string of the molecule is CN(C)CC(C)(C)Cn1ccnc1NC1CCCCC1. The molecule has 0 aromatic carbocycles. The average molecular weight is 278 g/mol. The Labute approximate surface area is 123 Å². The summed E-state index contributed by atoms with van der Waals surface area (Å²) in [6, 6.07) is 0.613. The Bertz CT molecular complexity index is 402. The van der Waals surface area contributed by atoms with E-state index in [9.17, 15) is 0 Å². The molecule has 1 aliphatic rings. The fourth-order valence-corrected chi connectivity index (χ4v) is 3.37. The Hall–Kier alpha value is -1.03. The van der Waals surface area contributed by atoms with E-state index in [1.165, 1.54) is 32.1 Å². The van der Waals surface area contributed by atoms with Gasteiger partial charge < -0.3 is 14.8 Å². The Balaban J connectivity index is 1.97. The number of anilines is 1. The van der Waals surface area contributed by atoms with Crippen molar-refractivity contribution in [2.24, 2.45) is 5.41 Å². The van der Waals surface area contributed by atoms with E-state index < -0.39 is 0 Å². The number of rotatable bonds is 6. The monoisotopic (exact) mass is 278 g/mol. The first-order valence-corrected chi connectivity index (χ1v) is 7.89. The summed E-state index contributed by atoms with van der Waals surface area (Å²) in [6.45, 7) is 6.71. The largest absolute Gasteiger partial charge is 0.353 e. The van der Waals surface area contributed by atoms with Gasteiger partial charge in [0.1, 0.15) is 0 Å². The molecule has 20 heavy (non-hydrogen) atoms. The summed E-state index contributed by atoms with van der Waals surface area (Å²) in [6.07, 6.45) is 10.7. The molecule has 1 fully saturated rings. The van der Waals surface area contributed by atoms with Gasteiger partial charge in [-0.3, -0.25) is 0 Å². The summed E-state index contributed by atoms with van der Waals surface area (Å²) >= 11 is 0. The summed E-state index contributed by atoms with van der Waals surface area (Å²) in [5.74, 6) is 1.05. The number of nitrogens with one attached hydrogen (secondary N) is 1. The lowest BCUT2D eigenvalue weighted by Gasteiger charge is -2.30. The molecule has 1 aliphatic carbocycles. The van der Waals surface area contributed by atoms with Gasteiger partial charge in [-0.2, -0.15) is 0 Å². The van der Waals surface area contributed by atoms with Crippen LogP contribution in [0.25, 0.3) is 0 Å². The first-order chi connectivity index (χ1) is 9.46. The van der Waals surface area contributed by atoms with Crippen molar-refractivity contribution in [3.05, 3.63) is 12.4 Å². The minimum absolute atomic E-state index is 0.243. The lowest BCUT2D eigenvalue weighted by atomic mass is 9.93. The molecule has 1 saturated carbocycles. The number of imidazole rings is 1. The van der Waals surface area contributed by atoms with Crippen molar-refractivity contribution in [1.29, 1.82) is 0 Å². The molecule has 0 radical (unpaired) electrons. The predicted octanol–water partition coefficient (Wildman–Crippen LogP) is 3.22. The molecule has 4 nitrogen and oxygen atoms in total. The first kappa shape index (κ1) is 15.4. The van der Waals surface area contributed by atoms with E-state index in [-0.39, 0.29) is 5.41 Å². The van der Waals surface area contributed by atoms with Gasteiger partial charge in [-0.15, -0.1) is 0 Å². The topological polar surface area (TPSA) is 33.1 Å². The van der Waals surface area contributed by atoms with Crippen molar-refractivity contribution in [1.82, 2.24) is 14.5 Å². The van der Waals surface area contributed by atoms with Gasteiger partial charge in [-0.1, -0.05) is 33.1 Å². The molecule has 0 amide bonds. The fourth-order valence-electron chi connectivity index (χ4n) is 3.37. The quantitative estimate of drug-likeness (QED) is 0.867. The lowest BCUT2D eigenvalue weighted by molar-refractivity contribution is 0.212. The average Bonchev–Trinajstić information content (AvgIpc) is 2.75. The lowest BCUT2D eigenvalue weighted by Crippen LogP contribution is -2.33. The fraction of sp³-hybridized carbons (Fsp3) is 0.812. The third-order valence-electron chi connectivity index (χ3n) is 4.00. The van der Waals surface area contributed by atoms with Gasteiger partial charge in [-0.25, -0.2) is 4.98 Å². The maximum absolute atomic E-state index is 4.51. The van der Waals surface area contributed by atoms with Crippen LogP contribution in [-0.2, 0) is 6.54 Å².